The van der Waals surface area contributed by atoms with Gasteiger partial charge in [0, 0.05) is 26.3 Å². The summed E-state index contributed by atoms with van der Waals surface area (Å²) in [6, 6.07) is 15.1. The summed E-state index contributed by atoms with van der Waals surface area (Å²) in [6.45, 7) is 1.38. The van der Waals surface area contributed by atoms with Crippen LogP contribution in [0.15, 0.2) is 58.4 Å². The average Bonchev–Trinajstić information content (AvgIpc) is 3.07. The van der Waals surface area contributed by atoms with Gasteiger partial charge in [0.05, 0.1) is 11.4 Å². The van der Waals surface area contributed by atoms with Crippen molar-refractivity contribution in [3.05, 3.63) is 59.7 Å². The first-order chi connectivity index (χ1) is 13.0. The van der Waals surface area contributed by atoms with Gasteiger partial charge in [0.15, 0.2) is 15.8 Å². The van der Waals surface area contributed by atoms with Gasteiger partial charge in [0.25, 0.3) is 0 Å². The van der Waals surface area contributed by atoms with Crippen LogP contribution in [-0.4, -0.2) is 46.9 Å². The number of rotatable bonds is 6. The first kappa shape index (κ1) is 19.2. The largest absolute Gasteiger partial charge is 0.488 e. The number of hydrogen-bond acceptors (Lipinski definition) is 4. The highest BCUT2D eigenvalue weighted by Crippen LogP contribution is 2.27. The lowest BCUT2D eigenvalue weighted by Gasteiger charge is -2.15. The summed E-state index contributed by atoms with van der Waals surface area (Å²) in [5.74, 6) is 1.69. The Morgan fingerprint density at radius 3 is 2.56 bits per heavy atom. The molecule has 1 aliphatic heterocycles. The predicted molar refractivity (Wildman–Crippen MR) is 107 cm³/mol. The van der Waals surface area contributed by atoms with Crippen molar-refractivity contribution >= 4 is 15.8 Å². The van der Waals surface area contributed by atoms with Gasteiger partial charge >= 0.3 is 0 Å². The molecule has 1 atom stereocenters. The van der Waals surface area contributed by atoms with Gasteiger partial charge in [-0.1, -0.05) is 30.3 Å². The van der Waals surface area contributed by atoms with Crippen LogP contribution in [0.4, 0.5) is 0 Å². The lowest BCUT2D eigenvalue weighted by Crippen LogP contribution is -2.42. The zero-order valence-corrected chi connectivity index (χ0v) is 16.4. The molecule has 2 aromatic carbocycles. The van der Waals surface area contributed by atoms with Crippen molar-refractivity contribution in [3.63, 3.8) is 0 Å². The summed E-state index contributed by atoms with van der Waals surface area (Å²) in [7, 11) is -1.41. The number of nitrogens with zero attached hydrogens (tertiary/aromatic N) is 1. The number of guanidine groups is 1. The van der Waals surface area contributed by atoms with Crippen molar-refractivity contribution in [1.29, 1.82) is 0 Å². The van der Waals surface area contributed by atoms with Crippen molar-refractivity contribution in [2.45, 2.75) is 23.8 Å². The van der Waals surface area contributed by atoms with Crippen molar-refractivity contribution < 1.29 is 13.2 Å². The zero-order valence-electron chi connectivity index (χ0n) is 15.6. The molecule has 27 heavy (non-hydrogen) atoms. The van der Waals surface area contributed by atoms with Crippen molar-refractivity contribution in [3.8, 4) is 5.75 Å². The van der Waals surface area contributed by atoms with Gasteiger partial charge in [-0.2, -0.15) is 0 Å². The van der Waals surface area contributed by atoms with E-state index in [1.54, 1.807) is 19.2 Å². The van der Waals surface area contributed by atoms with Crippen molar-refractivity contribution in [1.82, 2.24) is 10.6 Å². The van der Waals surface area contributed by atoms with Crippen LogP contribution in [-0.2, 0) is 22.7 Å². The molecule has 2 aromatic rings. The maximum Gasteiger partial charge on any atom is 0.191 e. The molecule has 0 radical (unpaired) electrons. The van der Waals surface area contributed by atoms with Crippen LogP contribution >= 0.6 is 0 Å². The summed E-state index contributed by atoms with van der Waals surface area (Å²) < 4.78 is 28.9. The molecular formula is C20H25N3O3S. The molecule has 1 unspecified atom stereocenters. The number of sulfone groups is 1. The first-order valence-electron chi connectivity index (χ1n) is 8.94. The number of hydrogen-bond donors (Lipinski definition) is 2. The third kappa shape index (κ3) is 5.23. The second-order valence-corrected chi connectivity index (χ2v) is 8.61. The molecule has 0 saturated carbocycles. The van der Waals surface area contributed by atoms with Crippen LogP contribution < -0.4 is 15.4 Å². The summed E-state index contributed by atoms with van der Waals surface area (Å²) in [5.41, 5.74) is 2.31. The van der Waals surface area contributed by atoms with Crippen LogP contribution in [0.1, 0.15) is 11.1 Å². The highest BCUT2D eigenvalue weighted by Gasteiger charge is 2.22. The maximum absolute atomic E-state index is 11.5. The molecule has 1 aliphatic rings. The van der Waals surface area contributed by atoms with E-state index in [1.165, 1.54) is 11.8 Å². The molecular weight excluding hydrogens is 362 g/mol. The molecule has 0 saturated heterocycles. The zero-order chi connectivity index (χ0) is 19.3. The summed E-state index contributed by atoms with van der Waals surface area (Å²) in [4.78, 5) is 4.58. The molecule has 1 heterocycles. The van der Waals surface area contributed by atoms with E-state index in [9.17, 15) is 8.42 Å². The van der Waals surface area contributed by atoms with E-state index in [4.69, 9.17) is 4.74 Å². The molecule has 0 aromatic heterocycles. The van der Waals surface area contributed by atoms with Crippen LogP contribution in [0.5, 0.6) is 5.75 Å². The lowest BCUT2D eigenvalue weighted by molar-refractivity contribution is 0.235. The van der Waals surface area contributed by atoms with Crippen molar-refractivity contribution in [2.75, 3.05) is 26.4 Å². The third-order valence-electron chi connectivity index (χ3n) is 4.49. The Bertz CT molecular complexity index is 883. The van der Waals surface area contributed by atoms with Gasteiger partial charge < -0.3 is 15.4 Å². The molecule has 2 N–H and O–H groups in total. The van der Waals surface area contributed by atoms with Crippen LogP contribution in [0, 0.1) is 0 Å². The summed E-state index contributed by atoms with van der Waals surface area (Å²) in [6.07, 6.45) is 2.99. The molecule has 0 aliphatic carbocycles. The molecule has 0 spiro atoms. The number of para-hydroxylation sites is 1. The molecule has 7 heteroatoms. The monoisotopic (exact) mass is 387 g/mol. The van der Waals surface area contributed by atoms with E-state index in [0.717, 1.165) is 30.1 Å². The third-order valence-corrected chi connectivity index (χ3v) is 5.62. The minimum atomic E-state index is -3.15. The predicted octanol–water partition coefficient (Wildman–Crippen LogP) is 1.80. The van der Waals surface area contributed by atoms with Crippen LogP contribution in [0.2, 0.25) is 0 Å². The molecule has 0 bridgehead atoms. The Morgan fingerprint density at radius 2 is 1.89 bits per heavy atom. The molecule has 0 fully saturated rings. The number of nitrogens with one attached hydrogen (secondary N) is 2. The first-order valence-corrected chi connectivity index (χ1v) is 10.8. The van der Waals surface area contributed by atoms with Crippen LogP contribution in [0.25, 0.3) is 0 Å². The Labute approximate surface area is 160 Å². The SMILES string of the molecule is CN=C(NCCc1ccc(S(C)(=O)=O)cc1)NCC1Cc2ccccc2O1. The highest BCUT2D eigenvalue weighted by atomic mass is 32.2. The van der Waals surface area contributed by atoms with E-state index >= 15 is 0 Å². The van der Waals surface area contributed by atoms with Gasteiger partial charge in [-0.3, -0.25) is 4.99 Å². The van der Waals surface area contributed by atoms with Gasteiger partial charge in [-0.25, -0.2) is 8.42 Å². The van der Waals surface area contributed by atoms with Gasteiger partial charge in [-0.15, -0.1) is 0 Å². The molecule has 144 valence electrons. The smallest absolute Gasteiger partial charge is 0.191 e. The minimum Gasteiger partial charge on any atom is -0.488 e. The van der Waals surface area contributed by atoms with E-state index in [0.29, 0.717) is 18.0 Å². The fraction of sp³-hybridized carbons (Fsp3) is 0.350. The van der Waals surface area contributed by atoms with Crippen LogP contribution in [0.3, 0.4) is 0 Å². The van der Waals surface area contributed by atoms with Gasteiger partial charge in [0.2, 0.25) is 0 Å². The van der Waals surface area contributed by atoms with Gasteiger partial charge in [-0.05, 0) is 35.7 Å². The van der Waals surface area contributed by atoms with Crippen molar-refractivity contribution in [2.24, 2.45) is 4.99 Å². The van der Waals surface area contributed by atoms with E-state index in [1.807, 2.05) is 30.3 Å². The van der Waals surface area contributed by atoms with E-state index in [2.05, 4.69) is 21.7 Å². The maximum atomic E-state index is 11.5. The average molecular weight is 388 g/mol. The minimum absolute atomic E-state index is 0.101. The molecule has 6 nitrogen and oxygen atoms in total. The summed E-state index contributed by atoms with van der Waals surface area (Å²) in [5, 5.41) is 6.57. The number of benzene rings is 2. The quantitative estimate of drug-likeness (QED) is 0.584. The normalized spacial score (nSPS) is 16.5. The fourth-order valence-electron chi connectivity index (χ4n) is 3.03. The van der Waals surface area contributed by atoms with E-state index < -0.39 is 9.84 Å². The number of ether oxygens (including phenoxy) is 1. The highest BCUT2D eigenvalue weighted by molar-refractivity contribution is 7.90. The topological polar surface area (TPSA) is 79.8 Å². The number of fused-ring (bicyclic) bond motifs is 1. The van der Waals surface area contributed by atoms with Gasteiger partial charge in [0.1, 0.15) is 11.9 Å². The Balaban J connectivity index is 1.42. The molecule has 0 amide bonds. The second-order valence-electron chi connectivity index (χ2n) is 6.60. The Kier molecular flexibility index (Phi) is 6.01. The second kappa shape index (κ2) is 8.43. The number of aliphatic imine (C=N–C) groups is 1. The lowest BCUT2D eigenvalue weighted by atomic mass is 10.1. The van der Waals surface area contributed by atoms with E-state index in [-0.39, 0.29) is 6.10 Å². The molecule has 3 rings (SSSR count). The summed E-state index contributed by atoms with van der Waals surface area (Å²) >= 11 is 0. The fourth-order valence-corrected chi connectivity index (χ4v) is 3.66. The Morgan fingerprint density at radius 1 is 1.15 bits per heavy atom. The Hall–Kier alpha value is -2.54. The standard InChI is InChI=1S/C20H25N3O3S/c1-21-20(23-14-17-13-16-5-3-4-6-19(16)26-17)22-12-11-15-7-9-18(10-8-15)27(2,24)25/h3-10,17H,11-14H2,1-2H3,(H2,21,22,23).